The van der Waals surface area contributed by atoms with Crippen molar-refractivity contribution in [3.8, 4) is 0 Å². The fourth-order valence-corrected chi connectivity index (χ4v) is 4.37. The molecule has 1 atom stereocenters. The number of benzene rings is 1. The van der Waals surface area contributed by atoms with Crippen LogP contribution in [0.15, 0.2) is 24.3 Å². The number of carbonyl (C=O) groups excluding carboxylic acids is 1. The monoisotopic (exact) mass is 314 g/mol. The Labute approximate surface area is 140 Å². The Hall–Kier alpha value is -1.35. The van der Waals surface area contributed by atoms with Crippen LogP contribution in [0.5, 0.6) is 0 Å². The summed E-state index contributed by atoms with van der Waals surface area (Å²) in [5.41, 5.74) is 3.06. The van der Waals surface area contributed by atoms with E-state index in [1.54, 1.807) is 0 Å². The van der Waals surface area contributed by atoms with Crippen molar-refractivity contribution in [2.24, 2.45) is 5.41 Å². The standard InChI is InChI=1S/C20H30N2O/c1-3-7-19(23)22-14-18-9-6-5-8-17(18)13-20(16-22)10-12-21(15-20)11-4-2/h5-6,8-9H,3-4,7,10-16H2,1-2H3. The number of fused-ring (bicyclic) bond motifs is 1. The normalized spacial score (nSPS) is 24.7. The molecule has 126 valence electrons. The Morgan fingerprint density at radius 2 is 1.91 bits per heavy atom. The molecule has 0 saturated carbocycles. The zero-order valence-corrected chi connectivity index (χ0v) is 14.7. The first kappa shape index (κ1) is 16.5. The Kier molecular flexibility index (Phi) is 5.05. The highest BCUT2D eigenvalue weighted by Crippen LogP contribution is 2.39. The topological polar surface area (TPSA) is 23.6 Å². The van der Waals surface area contributed by atoms with E-state index in [-0.39, 0.29) is 5.41 Å². The summed E-state index contributed by atoms with van der Waals surface area (Å²) in [6.07, 6.45) is 5.17. The maximum absolute atomic E-state index is 12.6. The third-order valence-electron chi connectivity index (χ3n) is 5.45. The van der Waals surface area contributed by atoms with E-state index in [4.69, 9.17) is 0 Å². The molecule has 0 bridgehead atoms. The molecule has 23 heavy (non-hydrogen) atoms. The lowest BCUT2D eigenvalue weighted by Crippen LogP contribution is -2.42. The zero-order valence-electron chi connectivity index (χ0n) is 14.7. The predicted molar refractivity (Wildman–Crippen MR) is 94.3 cm³/mol. The van der Waals surface area contributed by atoms with Crippen LogP contribution in [0.3, 0.4) is 0 Å². The van der Waals surface area contributed by atoms with E-state index >= 15 is 0 Å². The van der Waals surface area contributed by atoms with Crippen LogP contribution >= 0.6 is 0 Å². The van der Waals surface area contributed by atoms with E-state index in [1.807, 2.05) is 0 Å². The molecule has 3 rings (SSSR count). The number of carbonyl (C=O) groups is 1. The van der Waals surface area contributed by atoms with Crippen molar-refractivity contribution in [3.05, 3.63) is 35.4 Å². The van der Waals surface area contributed by atoms with E-state index in [1.165, 1.54) is 37.1 Å². The second kappa shape index (κ2) is 7.04. The van der Waals surface area contributed by atoms with E-state index in [0.29, 0.717) is 12.3 Å². The first-order chi connectivity index (χ1) is 11.2. The molecular weight excluding hydrogens is 284 g/mol. The lowest BCUT2D eigenvalue weighted by molar-refractivity contribution is -0.133. The summed E-state index contributed by atoms with van der Waals surface area (Å²) in [4.78, 5) is 17.4. The lowest BCUT2D eigenvalue weighted by Gasteiger charge is -2.33. The molecule has 1 aromatic carbocycles. The van der Waals surface area contributed by atoms with Gasteiger partial charge >= 0.3 is 0 Å². The summed E-state index contributed by atoms with van der Waals surface area (Å²) in [5.74, 6) is 0.331. The van der Waals surface area contributed by atoms with Crippen molar-refractivity contribution >= 4 is 5.91 Å². The van der Waals surface area contributed by atoms with E-state index in [9.17, 15) is 4.79 Å². The molecule has 0 aromatic heterocycles. The van der Waals surface area contributed by atoms with Gasteiger partial charge in [0, 0.05) is 31.5 Å². The van der Waals surface area contributed by atoms with E-state index in [0.717, 1.165) is 32.5 Å². The smallest absolute Gasteiger partial charge is 0.222 e. The summed E-state index contributed by atoms with van der Waals surface area (Å²) in [6.45, 7) is 9.59. The molecule has 2 aliphatic heterocycles. The largest absolute Gasteiger partial charge is 0.338 e. The van der Waals surface area contributed by atoms with Gasteiger partial charge in [-0.2, -0.15) is 0 Å². The van der Waals surface area contributed by atoms with Crippen LogP contribution in [0.4, 0.5) is 0 Å². The maximum Gasteiger partial charge on any atom is 0.222 e. The molecule has 1 unspecified atom stereocenters. The molecule has 2 aliphatic rings. The summed E-state index contributed by atoms with van der Waals surface area (Å²) < 4.78 is 0. The number of amides is 1. The van der Waals surface area contributed by atoms with Crippen LogP contribution in [-0.4, -0.2) is 41.9 Å². The van der Waals surface area contributed by atoms with Crippen LogP contribution < -0.4 is 0 Å². The van der Waals surface area contributed by atoms with E-state index < -0.39 is 0 Å². The fraction of sp³-hybridized carbons (Fsp3) is 0.650. The van der Waals surface area contributed by atoms with Gasteiger partial charge in [0.2, 0.25) is 5.91 Å². The molecule has 3 heteroatoms. The van der Waals surface area contributed by atoms with Crippen molar-refractivity contribution in [1.82, 2.24) is 9.80 Å². The van der Waals surface area contributed by atoms with Gasteiger partial charge in [-0.25, -0.2) is 0 Å². The minimum atomic E-state index is 0.255. The number of hydrogen-bond acceptors (Lipinski definition) is 2. The average molecular weight is 314 g/mol. The summed E-state index contributed by atoms with van der Waals surface area (Å²) in [5, 5.41) is 0. The van der Waals surface area contributed by atoms with Gasteiger partial charge in [0.1, 0.15) is 0 Å². The summed E-state index contributed by atoms with van der Waals surface area (Å²) >= 11 is 0. The summed E-state index contributed by atoms with van der Waals surface area (Å²) in [7, 11) is 0. The minimum absolute atomic E-state index is 0.255. The predicted octanol–water partition coefficient (Wildman–Crippen LogP) is 3.47. The van der Waals surface area contributed by atoms with Crippen LogP contribution in [-0.2, 0) is 17.8 Å². The van der Waals surface area contributed by atoms with E-state index in [2.05, 4.69) is 47.9 Å². The lowest BCUT2D eigenvalue weighted by atomic mass is 9.80. The second-order valence-corrected chi connectivity index (χ2v) is 7.47. The Morgan fingerprint density at radius 3 is 2.65 bits per heavy atom. The van der Waals surface area contributed by atoms with Crippen molar-refractivity contribution in [2.75, 3.05) is 26.2 Å². The summed E-state index contributed by atoms with van der Waals surface area (Å²) in [6, 6.07) is 8.73. The Morgan fingerprint density at radius 1 is 1.13 bits per heavy atom. The van der Waals surface area contributed by atoms with Crippen LogP contribution in [0.1, 0.15) is 50.7 Å². The first-order valence-electron chi connectivity index (χ1n) is 9.23. The van der Waals surface area contributed by atoms with Crippen LogP contribution in [0, 0.1) is 5.41 Å². The number of hydrogen-bond donors (Lipinski definition) is 0. The van der Waals surface area contributed by atoms with Crippen molar-refractivity contribution < 1.29 is 4.79 Å². The highest BCUT2D eigenvalue weighted by Gasteiger charge is 2.42. The maximum atomic E-state index is 12.6. The Bertz CT molecular complexity index is 556. The highest BCUT2D eigenvalue weighted by molar-refractivity contribution is 5.76. The number of rotatable bonds is 4. The van der Waals surface area contributed by atoms with Crippen molar-refractivity contribution in [2.45, 2.75) is 52.5 Å². The molecule has 2 heterocycles. The minimum Gasteiger partial charge on any atom is -0.338 e. The van der Waals surface area contributed by atoms with Gasteiger partial charge < -0.3 is 9.80 Å². The zero-order chi connectivity index (χ0) is 16.3. The molecule has 0 aliphatic carbocycles. The molecule has 1 aromatic rings. The molecular formula is C20H30N2O. The molecule has 1 spiro atoms. The fourth-order valence-electron chi connectivity index (χ4n) is 4.37. The van der Waals surface area contributed by atoms with Gasteiger partial charge in [0.15, 0.2) is 0 Å². The van der Waals surface area contributed by atoms with Crippen LogP contribution in [0.25, 0.3) is 0 Å². The third kappa shape index (κ3) is 3.60. The van der Waals surface area contributed by atoms with Crippen molar-refractivity contribution in [3.63, 3.8) is 0 Å². The molecule has 1 fully saturated rings. The van der Waals surface area contributed by atoms with Gasteiger partial charge in [-0.15, -0.1) is 0 Å². The van der Waals surface area contributed by atoms with Gasteiger partial charge in [0.05, 0.1) is 0 Å². The second-order valence-electron chi connectivity index (χ2n) is 7.47. The molecule has 1 amide bonds. The van der Waals surface area contributed by atoms with Gasteiger partial charge in [-0.1, -0.05) is 38.1 Å². The molecule has 3 nitrogen and oxygen atoms in total. The quantitative estimate of drug-likeness (QED) is 0.849. The molecule has 0 N–H and O–H groups in total. The SMILES string of the molecule is CCCC(=O)N1Cc2ccccc2CC2(CCN(CCC)C2)C1. The van der Waals surface area contributed by atoms with Gasteiger partial charge in [-0.05, 0) is 49.9 Å². The van der Waals surface area contributed by atoms with Gasteiger partial charge in [0.25, 0.3) is 0 Å². The average Bonchev–Trinajstić information content (AvgIpc) is 2.83. The molecule has 1 saturated heterocycles. The van der Waals surface area contributed by atoms with Crippen molar-refractivity contribution in [1.29, 1.82) is 0 Å². The molecule has 0 radical (unpaired) electrons. The Balaban J connectivity index is 1.87. The van der Waals surface area contributed by atoms with Gasteiger partial charge in [-0.3, -0.25) is 4.79 Å². The number of likely N-dealkylation sites (tertiary alicyclic amines) is 1. The number of nitrogens with zero attached hydrogens (tertiary/aromatic N) is 2. The van der Waals surface area contributed by atoms with Crippen LogP contribution in [0.2, 0.25) is 0 Å². The first-order valence-corrected chi connectivity index (χ1v) is 9.23. The highest BCUT2D eigenvalue weighted by atomic mass is 16.2. The third-order valence-corrected chi connectivity index (χ3v) is 5.45.